The number of nitrogens with zero attached hydrogens (tertiary/aromatic N) is 2. The molecular formula is C10H15N3O2. The van der Waals surface area contributed by atoms with Gasteiger partial charge in [-0.3, -0.25) is 4.68 Å². The van der Waals surface area contributed by atoms with Crippen LogP contribution in [0.15, 0.2) is 6.20 Å². The fraction of sp³-hybridized carbons (Fsp3) is 0.600. The van der Waals surface area contributed by atoms with Gasteiger partial charge in [0.15, 0.2) is 5.69 Å². The summed E-state index contributed by atoms with van der Waals surface area (Å²) in [6.07, 6.45) is 4.64. The molecule has 1 aliphatic rings. The number of carbonyl (C=O) groups is 1. The average molecular weight is 209 g/mol. The summed E-state index contributed by atoms with van der Waals surface area (Å²) in [4.78, 5) is 11.7. The normalized spacial score (nSPS) is 16.1. The Hall–Kier alpha value is -1.52. The highest BCUT2D eigenvalue weighted by Gasteiger charge is 2.25. The number of aryl methyl sites for hydroxylation is 1. The van der Waals surface area contributed by atoms with Crippen LogP contribution in [0.4, 0.5) is 5.69 Å². The maximum atomic E-state index is 11.7. The Morgan fingerprint density at radius 1 is 1.73 bits per heavy atom. The summed E-state index contributed by atoms with van der Waals surface area (Å²) < 4.78 is 6.84. The SMILES string of the molecule is CCn1ncc(N)c1C(=O)OC1CCC1. The molecule has 82 valence electrons. The zero-order valence-corrected chi connectivity index (χ0v) is 8.77. The van der Waals surface area contributed by atoms with Crippen molar-refractivity contribution in [2.24, 2.45) is 0 Å². The van der Waals surface area contributed by atoms with Gasteiger partial charge in [0, 0.05) is 6.54 Å². The summed E-state index contributed by atoms with van der Waals surface area (Å²) >= 11 is 0. The van der Waals surface area contributed by atoms with Gasteiger partial charge >= 0.3 is 5.97 Å². The maximum absolute atomic E-state index is 11.7. The Kier molecular flexibility index (Phi) is 2.62. The molecule has 1 fully saturated rings. The Morgan fingerprint density at radius 3 is 3.00 bits per heavy atom. The highest BCUT2D eigenvalue weighted by molar-refractivity contribution is 5.93. The number of hydrogen-bond acceptors (Lipinski definition) is 4. The summed E-state index contributed by atoms with van der Waals surface area (Å²) in [7, 11) is 0. The van der Waals surface area contributed by atoms with Gasteiger partial charge in [0.1, 0.15) is 6.10 Å². The molecule has 0 amide bonds. The van der Waals surface area contributed by atoms with Crippen molar-refractivity contribution >= 4 is 11.7 Å². The molecule has 2 N–H and O–H groups in total. The van der Waals surface area contributed by atoms with Crippen LogP contribution in [0, 0.1) is 0 Å². The van der Waals surface area contributed by atoms with Crippen molar-refractivity contribution in [1.29, 1.82) is 0 Å². The second-order valence-corrected chi connectivity index (χ2v) is 3.72. The van der Waals surface area contributed by atoms with Crippen LogP contribution in [-0.4, -0.2) is 21.9 Å². The van der Waals surface area contributed by atoms with Gasteiger partial charge in [-0.1, -0.05) is 0 Å². The highest BCUT2D eigenvalue weighted by atomic mass is 16.5. The molecule has 5 nitrogen and oxygen atoms in total. The van der Waals surface area contributed by atoms with Crippen molar-refractivity contribution < 1.29 is 9.53 Å². The molecule has 0 bridgehead atoms. The number of ether oxygens (including phenoxy) is 1. The lowest BCUT2D eigenvalue weighted by Gasteiger charge is -2.25. The molecule has 15 heavy (non-hydrogen) atoms. The third kappa shape index (κ3) is 1.82. The first-order chi connectivity index (χ1) is 7.22. The first-order valence-electron chi connectivity index (χ1n) is 5.24. The molecule has 0 radical (unpaired) electrons. The molecule has 0 spiro atoms. The van der Waals surface area contributed by atoms with E-state index in [1.54, 1.807) is 4.68 Å². The second kappa shape index (κ2) is 3.92. The topological polar surface area (TPSA) is 70.1 Å². The van der Waals surface area contributed by atoms with Crippen LogP contribution in [0.3, 0.4) is 0 Å². The van der Waals surface area contributed by atoms with Crippen LogP contribution >= 0.6 is 0 Å². The molecule has 5 heteroatoms. The number of nitrogens with two attached hydrogens (primary N) is 1. The van der Waals surface area contributed by atoms with E-state index in [1.807, 2.05) is 6.92 Å². The molecule has 0 unspecified atom stereocenters. The Morgan fingerprint density at radius 2 is 2.47 bits per heavy atom. The van der Waals surface area contributed by atoms with E-state index in [4.69, 9.17) is 10.5 Å². The molecule has 1 aromatic heterocycles. The van der Waals surface area contributed by atoms with Gasteiger partial charge in [0.25, 0.3) is 0 Å². The van der Waals surface area contributed by atoms with Crippen LogP contribution < -0.4 is 5.73 Å². The van der Waals surface area contributed by atoms with Crippen LogP contribution in [0.1, 0.15) is 36.7 Å². The van der Waals surface area contributed by atoms with E-state index in [0.29, 0.717) is 17.9 Å². The molecule has 1 aliphatic carbocycles. The van der Waals surface area contributed by atoms with E-state index in [9.17, 15) is 4.79 Å². The van der Waals surface area contributed by atoms with E-state index < -0.39 is 0 Å². The molecule has 0 aliphatic heterocycles. The number of carbonyl (C=O) groups excluding carboxylic acids is 1. The zero-order valence-electron chi connectivity index (χ0n) is 8.77. The highest BCUT2D eigenvalue weighted by Crippen LogP contribution is 2.24. The van der Waals surface area contributed by atoms with Crippen LogP contribution in [0.5, 0.6) is 0 Å². The largest absolute Gasteiger partial charge is 0.458 e. The lowest BCUT2D eigenvalue weighted by atomic mass is 9.96. The molecular weight excluding hydrogens is 194 g/mol. The van der Waals surface area contributed by atoms with E-state index in [1.165, 1.54) is 6.20 Å². The summed E-state index contributed by atoms with van der Waals surface area (Å²) in [5, 5.41) is 4.00. The minimum absolute atomic E-state index is 0.0807. The quantitative estimate of drug-likeness (QED) is 0.759. The van der Waals surface area contributed by atoms with Crippen LogP contribution in [-0.2, 0) is 11.3 Å². The summed E-state index contributed by atoms with van der Waals surface area (Å²) in [6, 6.07) is 0. The van der Waals surface area contributed by atoms with Gasteiger partial charge < -0.3 is 10.5 Å². The van der Waals surface area contributed by atoms with Gasteiger partial charge in [-0.05, 0) is 26.2 Å². The van der Waals surface area contributed by atoms with Crippen molar-refractivity contribution in [1.82, 2.24) is 9.78 Å². The minimum Gasteiger partial charge on any atom is -0.458 e. The molecule has 0 atom stereocenters. The van der Waals surface area contributed by atoms with Crippen molar-refractivity contribution in [3.05, 3.63) is 11.9 Å². The number of esters is 1. The van der Waals surface area contributed by atoms with Crippen molar-refractivity contribution in [2.45, 2.75) is 38.8 Å². The van der Waals surface area contributed by atoms with Gasteiger partial charge in [-0.2, -0.15) is 5.10 Å². The van der Waals surface area contributed by atoms with Crippen molar-refractivity contribution in [3.8, 4) is 0 Å². The number of rotatable bonds is 3. The first-order valence-corrected chi connectivity index (χ1v) is 5.24. The minimum atomic E-state index is -0.350. The summed E-state index contributed by atoms with van der Waals surface area (Å²) in [5.41, 5.74) is 6.44. The Labute approximate surface area is 88.2 Å². The number of nitrogen functional groups attached to an aromatic ring is 1. The van der Waals surface area contributed by atoms with Crippen molar-refractivity contribution in [2.75, 3.05) is 5.73 Å². The fourth-order valence-corrected chi connectivity index (χ4v) is 1.56. The summed E-state index contributed by atoms with van der Waals surface area (Å²) in [5.74, 6) is -0.350. The molecule has 1 saturated carbocycles. The predicted octanol–water partition coefficient (Wildman–Crippen LogP) is 1.19. The predicted molar refractivity (Wildman–Crippen MR) is 55.4 cm³/mol. The van der Waals surface area contributed by atoms with E-state index in [0.717, 1.165) is 19.3 Å². The first kappa shape index (κ1) is 10.0. The van der Waals surface area contributed by atoms with Crippen LogP contribution in [0.2, 0.25) is 0 Å². The van der Waals surface area contributed by atoms with Gasteiger partial charge in [0.05, 0.1) is 11.9 Å². The van der Waals surface area contributed by atoms with Crippen molar-refractivity contribution in [3.63, 3.8) is 0 Å². The monoisotopic (exact) mass is 209 g/mol. The molecule has 1 heterocycles. The number of hydrogen-bond donors (Lipinski definition) is 1. The van der Waals surface area contributed by atoms with Gasteiger partial charge in [-0.25, -0.2) is 4.79 Å². The lowest BCUT2D eigenvalue weighted by Crippen LogP contribution is -2.26. The second-order valence-electron chi connectivity index (χ2n) is 3.72. The van der Waals surface area contributed by atoms with Gasteiger partial charge in [0.2, 0.25) is 0 Å². The molecule has 0 saturated heterocycles. The van der Waals surface area contributed by atoms with E-state index in [2.05, 4.69) is 5.10 Å². The zero-order chi connectivity index (χ0) is 10.8. The Balaban J connectivity index is 2.12. The Bertz CT molecular complexity index is 369. The number of aromatic nitrogens is 2. The molecule has 0 aromatic carbocycles. The standard InChI is InChI=1S/C10H15N3O2/c1-2-13-9(8(11)6-12-13)10(14)15-7-4-3-5-7/h6-7H,2-5,11H2,1H3. The smallest absolute Gasteiger partial charge is 0.359 e. The third-order valence-corrected chi connectivity index (χ3v) is 2.69. The fourth-order valence-electron chi connectivity index (χ4n) is 1.56. The third-order valence-electron chi connectivity index (χ3n) is 2.69. The van der Waals surface area contributed by atoms with E-state index >= 15 is 0 Å². The number of anilines is 1. The molecule has 2 rings (SSSR count). The summed E-state index contributed by atoms with van der Waals surface area (Å²) in [6.45, 7) is 2.53. The van der Waals surface area contributed by atoms with Crippen LogP contribution in [0.25, 0.3) is 0 Å². The van der Waals surface area contributed by atoms with E-state index in [-0.39, 0.29) is 12.1 Å². The van der Waals surface area contributed by atoms with Gasteiger partial charge in [-0.15, -0.1) is 0 Å². The average Bonchev–Trinajstić information content (AvgIpc) is 2.53. The maximum Gasteiger partial charge on any atom is 0.359 e. The lowest BCUT2D eigenvalue weighted by molar-refractivity contribution is 0.00785. The molecule has 1 aromatic rings.